The highest BCUT2D eigenvalue weighted by molar-refractivity contribution is 7.22. The van der Waals surface area contributed by atoms with Gasteiger partial charge in [-0.25, -0.2) is 9.97 Å². The maximum absolute atomic E-state index is 6.30. The van der Waals surface area contributed by atoms with Crippen LogP contribution in [0.15, 0.2) is 36.5 Å². The molecule has 5 nitrogen and oxygen atoms in total. The summed E-state index contributed by atoms with van der Waals surface area (Å²) < 4.78 is 1.11. The average Bonchev–Trinajstić information content (AvgIpc) is 3.13. The Morgan fingerprint density at radius 2 is 2.04 bits per heavy atom. The molecule has 3 heterocycles. The molecule has 0 unspecified atom stereocenters. The third-order valence-corrected chi connectivity index (χ3v) is 6.57. The molecule has 0 spiro atoms. The second-order valence-corrected chi connectivity index (χ2v) is 8.42. The van der Waals surface area contributed by atoms with Gasteiger partial charge >= 0.3 is 0 Å². The summed E-state index contributed by atoms with van der Waals surface area (Å²) in [6, 6.07) is 10.1. The van der Waals surface area contributed by atoms with Gasteiger partial charge in [-0.15, -0.1) is 11.3 Å². The lowest BCUT2D eigenvalue weighted by molar-refractivity contribution is 0.154. The highest BCUT2D eigenvalue weighted by atomic mass is 35.5. The third-order valence-electron chi connectivity index (χ3n) is 4.93. The van der Waals surface area contributed by atoms with Gasteiger partial charge in [-0.3, -0.25) is 0 Å². The van der Waals surface area contributed by atoms with E-state index in [-0.39, 0.29) is 0 Å². The van der Waals surface area contributed by atoms with Crippen LogP contribution in [0.1, 0.15) is 6.42 Å². The molecule has 1 saturated heterocycles. The number of rotatable bonds is 6. The van der Waals surface area contributed by atoms with E-state index in [0.717, 1.165) is 71.4 Å². The number of nitrogens with zero attached hydrogens (tertiary/aromatic N) is 4. The van der Waals surface area contributed by atoms with Gasteiger partial charge in [0.05, 0.1) is 20.3 Å². The summed E-state index contributed by atoms with van der Waals surface area (Å²) in [6.07, 6.45) is 2.91. The lowest BCUT2D eigenvalue weighted by Gasteiger charge is -2.32. The molecule has 0 aliphatic carbocycles. The van der Waals surface area contributed by atoms with Crippen LogP contribution >= 0.6 is 22.9 Å². The Balaban J connectivity index is 1.35. The maximum Gasteiger partial charge on any atom is 0.223 e. The second-order valence-electron chi connectivity index (χ2n) is 6.96. The zero-order chi connectivity index (χ0) is 18.6. The first kappa shape index (κ1) is 18.6. The number of benzene rings is 1. The van der Waals surface area contributed by atoms with E-state index < -0.39 is 0 Å². The van der Waals surface area contributed by atoms with Crippen molar-refractivity contribution in [1.29, 1.82) is 0 Å². The smallest absolute Gasteiger partial charge is 0.223 e. The van der Waals surface area contributed by atoms with Gasteiger partial charge in [0.1, 0.15) is 0 Å². The van der Waals surface area contributed by atoms with Gasteiger partial charge in [0.2, 0.25) is 5.95 Å². The largest absolute Gasteiger partial charge is 0.354 e. The van der Waals surface area contributed by atoms with Crippen molar-refractivity contribution in [2.75, 3.05) is 51.6 Å². The molecule has 3 aromatic rings. The normalized spacial score (nSPS) is 16.1. The highest BCUT2D eigenvalue weighted by Gasteiger charge is 2.13. The lowest BCUT2D eigenvalue weighted by atomic mass is 10.2. The fraction of sp³-hybridized carbons (Fsp3) is 0.400. The first-order valence-corrected chi connectivity index (χ1v) is 10.5. The van der Waals surface area contributed by atoms with E-state index in [1.54, 1.807) is 11.3 Å². The molecule has 0 atom stereocenters. The number of hydrogen-bond donors (Lipinski definition) is 1. The molecule has 4 rings (SSSR count). The van der Waals surface area contributed by atoms with Gasteiger partial charge in [-0.1, -0.05) is 23.7 Å². The lowest BCUT2D eigenvalue weighted by Crippen LogP contribution is -2.44. The minimum absolute atomic E-state index is 0.689. The summed E-state index contributed by atoms with van der Waals surface area (Å²) in [4.78, 5) is 15.1. The van der Waals surface area contributed by atoms with Crippen LogP contribution in [-0.2, 0) is 0 Å². The van der Waals surface area contributed by atoms with Crippen molar-refractivity contribution in [3.63, 3.8) is 0 Å². The Hall–Kier alpha value is -1.73. The van der Waals surface area contributed by atoms with E-state index in [4.69, 9.17) is 11.6 Å². The number of aromatic nitrogens is 2. The third kappa shape index (κ3) is 4.58. The van der Waals surface area contributed by atoms with Crippen molar-refractivity contribution in [3.05, 3.63) is 41.6 Å². The number of hydrogen-bond acceptors (Lipinski definition) is 6. The summed E-state index contributed by atoms with van der Waals surface area (Å²) in [6.45, 7) is 6.66. The molecule has 1 aromatic carbocycles. The van der Waals surface area contributed by atoms with E-state index in [2.05, 4.69) is 44.3 Å². The number of anilines is 1. The Labute approximate surface area is 169 Å². The number of nitrogens with one attached hydrogen (secondary N) is 1. The molecule has 1 aliphatic rings. The number of thiophene rings is 1. The van der Waals surface area contributed by atoms with Gasteiger partial charge in [0.25, 0.3) is 0 Å². The quantitative estimate of drug-likeness (QED) is 0.631. The molecular weight excluding hydrogens is 378 g/mol. The molecule has 27 heavy (non-hydrogen) atoms. The summed E-state index contributed by atoms with van der Waals surface area (Å²) >= 11 is 7.98. The van der Waals surface area contributed by atoms with Gasteiger partial charge < -0.3 is 15.1 Å². The van der Waals surface area contributed by atoms with Crippen LogP contribution in [0.5, 0.6) is 0 Å². The second kappa shape index (κ2) is 8.52. The van der Waals surface area contributed by atoms with E-state index in [1.165, 1.54) is 0 Å². The van der Waals surface area contributed by atoms with Crippen LogP contribution in [0.4, 0.5) is 5.95 Å². The van der Waals surface area contributed by atoms with E-state index in [0.29, 0.717) is 5.95 Å². The first-order chi connectivity index (χ1) is 13.2. The standard InChI is InChI=1S/C20H24ClN5S/c1-25-10-12-26(13-11-25)9-3-7-22-20-23-8-6-17(24-20)18-14-15-4-2-5-16(21)19(15)27-18/h2,4-6,8,14H,3,7,9-13H2,1H3,(H,22,23,24). The fourth-order valence-electron chi connectivity index (χ4n) is 3.31. The number of piperazine rings is 1. The Bertz CT molecular complexity index is 904. The molecule has 7 heteroatoms. The van der Waals surface area contributed by atoms with Crippen molar-refractivity contribution >= 4 is 39.0 Å². The van der Waals surface area contributed by atoms with Crippen molar-refractivity contribution in [3.8, 4) is 10.6 Å². The fourth-order valence-corrected chi connectivity index (χ4v) is 4.64. The first-order valence-electron chi connectivity index (χ1n) is 9.35. The van der Waals surface area contributed by atoms with Crippen molar-refractivity contribution in [2.45, 2.75) is 6.42 Å². The molecule has 0 amide bonds. The van der Waals surface area contributed by atoms with E-state index >= 15 is 0 Å². The minimum atomic E-state index is 0.689. The van der Waals surface area contributed by atoms with E-state index in [1.807, 2.05) is 24.4 Å². The molecular formula is C20H24ClN5S. The molecule has 1 N–H and O–H groups in total. The van der Waals surface area contributed by atoms with Crippen LogP contribution < -0.4 is 5.32 Å². The molecule has 1 fully saturated rings. The zero-order valence-corrected chi connectivity index (χ0v) is 17.1. The van der Waals surface area contributed by atoms with Crippen LogP contribution in [0, 0.1) is 0 Å². The zero-order valence-electron chi connectivity index (χ0n) is 15.5. The summed E-state index contributed by atoms with van der Waals surface area (Å²) in [7, 11) is 2.19. The number of fused-ring (bicyclic) bond motifs is 1. The van der Waals surface area contributed by atoms with Crippen molar-refractivity contribution in [1.82, 2.24) is 19.8 Å². The highest BCUT2D eigenvalue weighted by Crippen LogP contribution is 2.36. The van der Waals surface area contributed by atoms with Gasteiger partial charge in [-0.2, -0.15) is 0 Å². The number of halogens is 1. The van der Waals surface area contributed by atoms with Crippen molar-refractivity contribution in [2.24, 2.45) is 0 Å². The minimum Gasteiger partial charge on any atom is -0.354 e. The van der Waals surface area contributed by atoms with Crippen LogP contribution in [0.3, 0.4) is 0 Å². The Morgan fingerprint density at radius 3 is 2.85 bits per heavy atom. The molecule has 0 saturated carbocycles. The topological polar surface area (TPSA) is 44.3 Å². The predicted molar refractivity (Wildman–Crippen MR) is 115 cm³/mol. The van der Waals surface area contributed by atoms with Crippen molar-refractivity contribution < 1.29 is 0 Å². The van der Waals surface area contributed by atoms with Crippen LogP contribution in [0.2, 0.25) is 5.02 Å². The van der Waals surface area contributed by atoms with Gasteiger partial charge in [0.15, 0.2) is 0 Å². The number of likely N-dealkylation sites (N-methyl/N-ethyl adjacent to an activating group) is 1. The Kier molecular flexibility index (Phi) is 5.88. The predicted octanol–water partition coefficient (Wildman–Crippen LogP) is 4.06. The van der Waals surface area contributed by atoms with Gasteiger partial charge in [-0.05, 0) is 43.6 Å². The molecule has 142 valence electrons. The molecule has 1 aliphatic heterocycles. The van der Waals surface area contributed by atoms with Crippen LogP contribution in [-0.4, -0.2) is 66.1 Å². The molecule has 0 bridgehead atoms. The van der Waals surface area contributed by atoms with E-state index in [9.17, 15) is 0 Å². The summed E-state index contributed by atoms with van der Waals surface area (Å²) in [5, 5.41) is 5.31. The average molecular weight is 402 g/mol. The van der Waals surface area contributed by atoms with Crippen LogP contribution in [0.25, 0.3) is 20.7 Å². The molecule has 2 aromatic heterocycles. The maximum atomic E-state index is 6.30. The SMILES string of the molecule is CN1CCN(CCCNc2nccc(-c3cc4cccc(Cl)c4s3)n2)CC1. The summed E-state index contributed by atoms with van der Waals surface area (Å²) in [5.41, 5.74) is 0.934. The summed E-state index contributed by atoms with van der Waals surface area (Å²) in [5.74, 6) is 0.689. The van der Waals surface area contributed by atoms with Gasteiger partial charge in [0, 0.05) is 38.9 Å². The Morgan fingerprint density at radius 1 is 1.19 bits per heavy atom. The molecule has 0 radical (unpaired) electrons. The monoisotopic (exact) mass is 401 g/mol.